The van der Waals surface area contributed by atoms with E-state index in [1.54, 1.807) is 0 Å². The number of amides is 1. The summed E-state index contributed by atoms with van der Waals surface area (Å²) in [4.78, 5) is 17.6. The van der Waals surface area contributed by atoms with Gasteiger partial charge in [0.1, 0.15) is 5.76 Å². The van der Waals surface area contributed by atoms with Crippen LogP contribution in [0.4, 0.5) is 0 Å². The molecule has 0 spiro atoms. The zero-order valence-corrected chi connectivity index (χ0v) is 17.5. The van der Waals surface area contributed by atoms with Gasteiger partial charge in [0, 0.05) is 24.2 Å². The summed E-state index contributed by atoms with van der Waals surface area (Å²) in [5.74, 6) is 1.42. The minimum atomic E-state index is -0.0984. The van der Waals surface area contributed by atoms with Crippen molar-refractivity contribution in [3.63, 3.8) is 0 Å². The molecule has 27 heavy (non-hydrogen) atoms. The Kier molecular flexibility index (Phi) is 6.58. The lowest BCUT2D eigenvalue weighted by Crippen LogP contribution is -2.58. The quantitative estimate of drug-likeness (QED) is 0.826. The van der Waals surface area contributed by atoms with Gasteiger partial charge < -0.3 is 14.7 Å². The highest BCUT2D eigenvalue weighted by Crippen LogP contribution is 2.37. The lowest BCUT2D eigenvalue weighted by molar-refractivity contribution is 0.0228. The average Bonchev–Trinajstić information content (AvgIpc) is 3.02. The molecule has 1 aliphatic carbocycles. The Hall–Kier alpha value is -1.40. The van der Waals surface area contributed by atoms with Gasteiger partial charge in [0.2, 0.25) is 0 Å². The van der Waals surface area contributed by atoms with Crippen LogP contribution >= 0.6 is 0 Å². The lowest BCUT2D eigenvalue weighted by atomic mass is 9.75. The maximum absolute atomic E-state index is 12.9. The topological polar surface area (TPSA) is 61.6 Å². The van der Waals surface area contributed by atoms with Crippen LogP contribution in [-0.4, -0.2) is 60.1 Å². The predicted molar refractivity (Wildman–Crippen MR) is 107 cm³/mol. The van der Waals surface area contributed by atoms with Gasteiger partial charge in [0.25, 0.3) is 5.91 Å². The normalized spacial score (nSPS) is 27.1. The second-order valence-electron chi connectivity index (χ2n) is 8.94. The fraction of sp³-hybridized carbons (Fsp3) is 0.810. The molecule has 0 unspecified atom stereocenters. The Morgan fingerprint density at radius 2 is 1.93 bits per heavy atom. The monoisotopic (exact) mass is 376 g/mol. The number of aryl methyl sites for hydroxylation is 1. The fourth-order valence-electron chi connectivity index (χ4n) is 4.67. The van der Waals surface area contributed by atoms with Crippen LogP contribution in [0.25, 0.3) is 0 Å². The minimum Gasteiger partial charge on any atom is -0.361 e. The Morgan fingerprint density at radius 3 is 2.56 bits per heavy atom. The highest BCUT2D eigenvalue weighted by atomic mass is 16.5. The molecule has 1 aliphatic heterocycles. The zero-order chi connectivity index (χ0) is 19.4. The largest absolute Gasteiger partial charge is 0.361 e. The summed E-state index contributed by atoms with van der Waals surface area (Å²) < 4.78 is 5.32. The Morgan fingerprint density at radius 1 is 1.26 bits per heavy atom. The Bertz CT molecular complexity index is 626. The number of aromatic nitrogens is 1. The molecule has 1 aromatic heterocycles. The molecule has 0 bridgehead atoms. The first-order chi connectivity index (χ1) is 12.9. The number of nitrogens with one attached hydrogen (secondary N) is 1. The molecule has 0 aromatic carbocycles. The van der Waals surface area contributed by atoms with Crippen molar-refractivity contribution in [2.75, 3.05) is 33.7 Å². The van der Waals surface area contributed by atoms with Crippen molar-refractivity contribution in [2.45, 2.75) is 70.9 Å². The molecule has 1 saturated carbocycles. The Labute approximate surface area is 163 Å². The van der Waals surface area contributed by atoms with Crippen LogP contribution < -0.4 is 5.32 Å². The van der Waals surface area contributed by atoms with E-state index in [4.69, 9.17) is 4.52 Å². The average molecular weight is 377 g/mol. The van der Waals surface area contributed by atoms with E-state index in [1.807, 2.05) is 25.9 Å². The van der Waals surface area contributed by atoms with Gasteiger partial charge in [-0.25, -0.2) is 0 Å². The van der Waals surface area contributed by atoms with E-state index >= 15 is 0 Å². The first-order valence-corrected chi connectivity index (χ1v) is 10.5. The molecule has 0 radical (unpaired) electrons. The number of carbonyl (C=O) groups excluding carboxylic acids is 1. The highest BCUT2D eigenvalue weighted by Gasteiger charge is 2.40. The van der Waals surface area contributed by atoms with Gasteiger partial charge in [-0.2, -0.15) is 0 Å². The first kappa shape index (κ1) is 20.3. The van der Waals surface area contributed by atoms with Gasteiger partial charge >= 0.3 is 0 Å². The van der Waals surface area contributed by atoms with E-state index < -0.39 is 0 Å². The molecule has 1 amide bonds. The molecular weight excluding hydrogens is 340 g/mol. The maximum atomic E-state index is 12.9. The van der Waals surface area contributed by atoms with Crippen molar-refractivity contribution in [2.24, 2.45) is 5.92 Å². The lowest BCUT2D eigenvalue weighted by Gasteiger charge is -2.49. The number of hydrogen-bond acceptors (Lipinski definition) is 5. The summed E-state index contributed by atoms with van der Waals surface area (Å²) in [6.45, 7) is 7.93. The third-order valence-corrected chi connectivity index (χ3v) is 6.48. The number of likely N-dealkylation sites (tertiary alicyclic amines) is 1. The minimum absolute atomic E-state index is 0.0984. The number of carbonyl (C=O) groups is 1. The van der Waals surface area contributed by atoms with Gasteiger partial charge in [-0.15, -0.1) is 0 Å². The van der Waals surface area contributed by atoms with E-state index in [0.717, 1.165) is 17.2 Å². The summed E-state index contributed by atoms with van der Waals surface area (Å²) in [5.41, 5.74) is 1.45. The van der Waals surface area contributed by atoms with Crippen molar-refractivity contribution in [1.82, 2.24) is 20.3 Å². The van der Waals surface area contributed by atoms with Crippen molar-refractivity contribution in [1.29, 1.82) is 0 Å². The van der Waals surface area contributed by atoms with E-state index in [1.165, 1.54) is 58.0 Å². The molecule has 6 heteroatoms. The van der Waals surface area contributed by atoms with Crippen LogP contribution in [0.15, 0.2) is 4.52 Å². The van der Waals surface area contributed by atoms with Crippen LogP contribution in [0.3, 0.4) is 0 Å². The number of hydrogen-bond donors (Lipinski definition) is 1. The number of rotatable bonds is 6. The standard InChI is InChI=1S/C21H36N4O2/c1-16-8-10-21(11-9-16,25-12-6-5-7-13-25)15-22-20(26)19-18(14-24(3)4)17(2)27-23-19/h16H,5-15H2,1-4H3,(H,22,26). The predicted octanol–water partition coefficient (Wildman–Crippen LogP) is 3.21. The van der Waals surface area contributed by atoms with E-state index in [0.29, 0.717) is 18.8 Å². The van der Waals surface area contributed by atoms with Gasteiger partial charge in [-0.05, 0) is 78.6 Å². The van der Waals surface area contributed by atoms with E-state index in [-0.39, 0.29) is 11.4 Å². The summed E-state index contributed by atoms with van der Waals surface area (Å²) in [6.07, 6.45) is 8.75. The van der Waals surface area contributed by atoms with E-state index in [2.05, 4.69) is 22.3 Å². The second-order valence-corrected chi connectivity index (χ2v) is 8.94. The summed E-state index contributed by atoms with van der Waals surface area (Å²) >= 11 is 0. The summed E-state index contributed by atoms with van der Waals surface area (Å²) in [7, 11) is 3.98. The molecule has 3 rings (SSSR count). The van der Waals surface area contributed by atoms with Crippen LogP contribution in [0.2, 0.25) is 0 Å². The number of piperidine rings is 1. The molecule has 0 atom stereocenters. The van der Waals surface area contributed by atoms with Gasteiger partial charge in [-0.3, -0.25) is 9.69 Å². The van der Waals surface area contributed by atoms with Gasteiger partial charge in [-0.1, -0.05) is 18.5 Å². The summed E-state index contributed by atoms with van der Waals surface area (Å²) in [6, 6.07) is 0. The van der Waals surface area contributed by atoms with Crippen molar-refractivity contribution in [3.05, 3.63) is 17.0 Å². The van der Waals surface area contributed by atoms with E-state index in [9.17, 15) is 4.79 Å². The van der Waals surface area contributed by atoms with Crippen LogP contribution in [0.1, 0.15) is 73.7 Å². The highest BCUT2D eigenvalue weighted by molar-refractivity contribution is 5.93. The third kappa shape index (κ3) is 4.72. The van der Waals surface area contributed by atoms with Crippen LogP contribution in [-0.2, 0) is 6.54 Å². The number of nitrogens with zero attached hydrogens (tertiary/aromatic N) is 3. The van der Waals surface area contributed by atoms with Gasteiger partial charge in [0.15, 0.2) is 5.69 Å². The zero-order valence-electron chi connectivity index (χ0n) is 17.5. The van der Waals surface area contributed by atoms with Crippen molar-refractivity contribution < 1.29 is 9.32 Å². The SMILES string of the molecule is Cc1onc(C(=O)NCC2(N3CCCCC3)CCC(C)CC2)c1CN(C)C. The van der Waals surface area contributed by atoms with Crippen molar-refractivity contribution in [3.8, 4) is 0 Å². The Balaban J connectivity index is 1.71. The molecule has 1 saturated heterocycles. The molecule has 2 heterocycles. The maximum Gasteiger partial charge on any atom is 0.273 e. The smallest absolute Gasteiger partial charge is 0.273 e. The first-order valence-electron chi connectivity index (χ1n) is 10.5. The van der Waals surface area contributed by atoms with Crippen molar-refractivity contribution >= 4 is 5.91 Å². The fourth-order valence-corrected chi connectivity index (χ4v) is 4.67. The molecule has 2 fully saturated rings. The van der Waals surface area contributed by atoms with Crippen LogP contribution in [0.5, 0.6) is 0 Å². The molecule has 152 valence electrons. The molecule has 1 aromatic rings. The molecular formula is C21H36N4O2. The molecule has 1 N–H and O–H groups in total. The van der Waals surface area contributed by atoms with Gasteiger partial charge in [0.05, 0.1) is 0 Å². The second kappa shape index (κ2) is 8.74. The summed E-state index contributed by atoms with van der Waals surface area (Å²) in [5, 5.41) is 7.28. The molecule has 6 nitrogen and oxygen atoms in total. The molecule has 2 aliphatic rings. The third-order valence-electron chi connectivity index (χ3n) is 6.48. The van der Waals surface area contributed by atoms with Crippen LogP contribution in [0, 0.1) is 12.8 Å².